The van der Waals surface area contributed by atoms with E-state index < -0.39 is 0 Å². The van der Waals surface area contributed by atoms with E-state index in [9.17, 15) is 4.39 Å². The number of pyridine rings is 1. The largest absolute Gasteiger partial charge is 0.399 e. The Morgan fingerprint density at radius 3 is 2.44 bits per heavy atom. The summed E-state index contributed by atoms with van der Waals surface area (Å²) in [6.45, 7) is 0. The first kappa shape index (κ1) is 10.7. The zero-order chi connectivity index (χ0) is 12.5. The van der Waals surface area contributed by atoms with Crippen molar-refractivity contribution in [1.82, 2.24) is 4.98 Å². The average molecular weight is 238 g/mol. The van der Waals surface area contributed by atoms with Crippen molar-refractivity contribution in [2.45, 2.75) is 0 Å². The van der Waals surface area contributed by atoms with Crippen LogP contribution in [0.25, 0.3) is 22.2 Å². The predicted molar refractivity (Wildman–Crippen MR) is 71.5 cm³/mol. The fourth-order valence-corrected chi connectivity index (χ4v) is 1.93. The minimum absolute atomic E-state index is 0.243. The van der Waals surface area contributed by atoms with Crippen molar-refractivity contribution in [3.05, 3.63) is 60.4 Å². The number of nitrogen functional groups attached to an aromatic ring is 1. The van der Waals surface area contributed by atoms with Gasteiger partial charge in [-0.2, -0.15) is 0 Å². The molecule has 0 radical (unpaired) electrons. The Hall–Kier alpha value is -2.42. The minimum atomic E-state index is -0.243. The highest BCUT2D eigenvalue weighted by molar-refractivity contribution is 5.84. The third kappa shape index (κ3) is 1.91. The molecule has 0 aliphatic rings. The molecule has 0 saturated carbocycles. The van der Waals surface area contributed by atoms with E-state index in [-0.39, 0.29) is 5.82 Å². The Balaban J connectivity index is 2.13. The summed E-state index contributed by atoms with van der Waals surface area (Å²) in [5, 5.41) is 1.00. The molecule has 1 heterocycles. The number of nitrogens with zero attached hydrogens (tertiary/aromatic N) is 1. The molecular formula is C15H11FN2. The van der Waals surface area contributed by atoms with Gasteiger partial charge < -0.3 is 5.73 Å². The quantitative estimate of drug-likeness (QED) is 0.657. The van der Waals surface area contributed by atoms with Crippen LogP contribution >= 0.6 is 0 Å². The van der Waals surface area contributed by atoms with Crippen LogP contribution < -0.4 is 5.73 Å². The minimum Gasteiger partial charge on any atom is -0.399 e. The maximum atomic E-state index is 12.9. The number of halogens is 1. The molecule has 18 heavy (non-hydrogen) atoms. The van der Waals surface area contributed by atoms with Gasteiger partial charge in [-0.05, 0) is 48.5 Å². The summed E-state index contributed by atoms with van der Waals surface area (Å²) >= 11 is 0. The van der Waals surface area contributed by atoms with Gasteiger partial charge in [0.1, 0.15) is 5.82 Å². The Bertz CT molecular complexity index is 705. The van der Waals surface area contributed by atoms with Crippen LogP contribution in [0.5, 0.6) is 0 Å². The van der Waals surface area contributed by atoms with Crippen LogP contribution in [0.4, 0.5) is 10.1 Å². The third-order valence-corrected chi connectivity index (χ3v) is 2.85. The average Bonchev–Trinajstić information content (AvgIpc) is 2.39. The van der Waals surface area contributed by atoms with Gasteiger partial charge >= 0.3 is 0 Å². The van der Waals surface area contributed by atoms with Crippen molar-refractivity contribution in [2.75, 3.05) is 5.73 Å². The lowest BCUT2D eigenvalue weighted by atomic mass is 10.1. The van der Waals surface area contributed by atoms with Crippen LogP contribution in [0, 0.1) is 5.82 Å². The van der Waals surface area contributed by atoms with Crippen LogP contribution in [-0.4, -0.2) is 4.98 Å². The van der Waals surface area contributed by atoms with E-state index in [1.54, 1.807) is 12.1 Å². The van der Waals surface area contributed by atoms with Crippen LogP contribution in [0.3, 0.4) is 0 Å². The first-order valence-corrected chi connectivity index (χ1v) is 5.64. The summed E-state index contributed by atoms with van der Waals surface area (Å²) in [5.74, 6) is -0.243. The van der Waals surface area contributed by atoms with E-state index in [0.717, 1.165) is 27.8 Å². The second-order valence-electron chi connectivity index (χ2n) is 4.16. The van der Waals surface area contributed by atoms with E-state index in [2.05, 4.69) is 4.98 Å². The molecule has 3 aromatic rings. The van der Waals surface area contributed by atoms with Gasteiger partial charge in [-0.15, -0.1) is 0 Å². The van der Waals surface area contributed by atoms with Gasteiger partial charge in [0.25, 0.3) is 0 Å². The van der Waals surface area contributed by atoms with Gasteiger partial charge in [0, 0.05) is 16.6 Å². The lowest BCUT2D eigenvalue weighted by Gasteiger charge is -2.04. The maximum absolute atomic E-state index is 12.9. The standard InChI is InChI=1S/C15H11FN2/c16-12-4-1-10(2-5-12)14-7-3-11-9-13(17)6-8-15(11)18-14/h1-9H,17H2. The molecule has 0 aliphatic carbocycles. The number of benzene rings is 2. The molecule has 0 bridgehead atoms. The first-order chi connectivity index (χ1) is 8.72. The topological polar surface area (TPSA) is 38.9 Å². The number of anilines is 1. The van der Waals surface area contributed by atoms with Crippen molar-refractivity contribution < 1.29 is 4.39 Å². The van der Waals surface area contributed by atoms with Crippen LogP contribution in [0.1, 0.15) is 0 Å². The molecule has 3 heteroatoms. The van der Waals surface area contributed by atoms with E-state index >= 15 is 0 Å². The Morgan fingerprint density at radius 1 is 0.889 bits per heavy atom. The summed E-state index contributed by atoms with van der Waals surface area (Å²) in [4.78, 5) is 4.54. The summed E-state index contributed by atoms with van der Waals surface area (Å²) in [7, 11) is 0. The van der Waals surface area contributed by atoms with Gasteiger partial charge in [0.05, 0.1) is 11.2 Å². The van der Waals surface area contributed by atoms with E-state index in [4.69, 9.17) is 5.73 Å². The third-order valence-electron chi connectivity index (χ3n) is 2.85. The lowest BCUT2D eigenvalue weighted by molar-refractivity contribution is 0.628. The molecule has 2 nitrogen and oxygen atoms in total. The van der Waals surface area contributed by atoms with E-state index in [1.807, 2.05) is 30.3 Å². The van der Waals surface area contributed by atoms with Crippen molar-refractivity contribution >= 4 is 16.6 Å². The van der Waals surface area contributed by atoms with E-state index in [1.165, 1.54) is 12.1 Å². The molecule has 0 unspecified atom stereocenters. The molecular weight excluding hydrogens is 227 g/mol. The highest BCUT2D eigenvalue weighted by Crippen LogP contribution is 2.22. The summed E-state index contributed by atoms with van der Waals surface area (Å²) in [5.41, 5.74) is 9.05. The highest BCUT2D eigenvalue weighted by atomic mass is 19.1. The molecule has 0 amide bonds. The second-order valence-corrected chi connectivity index (χ2v) is 4.16. The normalized spacial score (nSPS) is 10.7. The molecule has 0 fully saturated rings. The van der Waals surface area contributed by atoms with Crippen LogP contribution in [0.2, 0.25) is 0 Å². The number of aromatic nitrogens is 1. The number of rotatable bonds is 1. The highest BCUT2D eigenvalue weighted by Gasteiger charge is 2.02. The number of fused-ring (bicyclic) bond motifs is 1. The van der Waals surface area contributed by atoms with Crippen molar-refractivity contribution in [3.8, 4) is 11.3 Å². The first-order valence-electron chi connectivity index (χ1n) is 5.64. The van der Waals surface area contributed by atoms with Gasteiger partial charge in [0.15, 0.2) is 0 Å². The van der Waals surface area contributed by atoms with Gasteiger partial charge in [-0.3, -0.25) is 0 Å². The summed E-state index contributed by atoms with van der Waals surface area (Å²) < 4.78 is 12.9. The number of hydrogen-bond acceptors (Lipinski definition) is 2. The number of hydrogen-bond donors (Lipinski definition) is 1. The van der Waals surface area contributed by atoms with Gasteiger partial charge in [0.2, 0.25) is 0 Å². The molecule has 2 aromatic carbocycles. The monoisotopic (exact) mass is 238 g/mol. The van der Waals surface area contributed by atoms with E-state index in [0.29, 0.717) is 0 Å². The Kier molecular flexibility index (Phi) is 2.45. The molecule has 88 valence electrons. The van der Waals surface area contributed by atoms with Crippen LogP contribution in [0.15, 0.2) is 54.6 Å². The molecule has 1 aromatic heterocycles. The number of nitrogens with two attached hydrogens (primary N) is 1. The predicted octanol–water partition coefficient (Wildman–Crippen LogP) is 3.62. The van der Waals surface area contributed by atoms with Gasteiger partial charge in [-0.1, -0.05) is 6.07 Å². The molecule has 3 rings (SSSR count). The molecule has 2 N–H and O–H groups in total. The SMILES string of the molecule is Nc1ccc2nc(-c3ccc(F)cc3)ccc2c1. The Labute approximate surface area is 104 Å². The zero-order valence-corrected chi connectivity index (χ0v) is 9.60. The zero-order valence-electron chi connectivity index (χ0n) is 9.60. The molecule has 0 saturated heterocycles. The smallest absolute Gasteiger partial charge is 0.123 e. The second kappa shape index (κ2) is 4.11. The fourth-order valence-electron chi connectivity index (χ4n) is 1.93. The van der Waals surface area contributed by atoms with Crippen LogP contribution in [-0.2, 0) is 0 Å². The summed E-state index contributed by atoms with van der Waals surface area (Å²) in [6.07, 6.45) is 0. The molecule has 0 spiro atoms. The molecule has 0 aliphatic heterocycles. The van der Waals surface area contributed by atoms with Crippen molar-refractivity contribution in [2.24, 2.45) is 0 Å². The maximum Gasteiger partial charge on any atom is 0.123 e. The summed E-state index contributed by atoms with van der Waals surface area (Å²) in [6, 6.07) is 15.8. The lowest BCUT2D eigenvalue weighted by Crippen LogP contribution is -1.88. The molecule has 0 atom stereocenters. The Morgan fingerprint density at radius 2 is 1.67 bits per heavy atom. The van der Waals surface area contributed by atoms with Gasteiger partial charge in [-0.25, -0.2) is 9.37 Å². The van der Waals surface area contributed by atoms with Crippen molar-refractivity contribution in [1.29, 1.82) is 0 Å². The van der Waals surface area contributed by atoms with Crippen molar-refractivity contribution in [3.63, 3.8) is 0 Å². The fraction of sp³-hybridized carbons (Fsp3) is 0.